The lowest BCUT2D eigenvalue weighted by molar-refractivity contribution is -0.387. The molecular weight excluding hydrogens is 233 g/mol. The fourth-order valence-corrected chi connectivity index (χ4v) is 1.09. The van der Waals surface area contributed by atoms with Crippen molar-refractivity contribution in [3.05, 3.63) is 34.1 Å². The summed E-state index contributed by atoms with van der Waals surface area (Å²) in [6.45, 7) is -0.374. The zero-order chi connectivity index (χ0) is 12.8. The monoisotopic (exact) mass is 243 g/mol. The third-order valence-electron chi connectivity index (χ3n) is 1.82. The molecule has 92 valence electrons. The Hall–Kier alpha value is -2.02. The number of ketones is 1. The predicted molar refractivity (Wildman–Crippen MR) is 55.4 cm³/mol. The predicted octanol–water partition coefficient (Wildman–Crippen LogP) is 1.33. The van der Waals surface area contributed by atoms with Crippen LogP contribution in [0, 0.1) is 15.9 Å². The van der Waals surface area contributed by atoms with E-state index in [9.17, 15) is 19.3 Å². The molecule has 1 aromatic rings. The van der Waals surface area contributed by atoms with E-state index in [1.54, 1.807) is 0 Å². The minimum atomic E-state index is -1.01. The highest BCUT2D eigenvalue weighted by molar-refractivity contribution is 5.81. The first-order valence-corrected chi connectivity index (χ1v) is 4.62. The van der Waals surface area contributed by atoms with Crippen LogP contribution in [0.4, 0.5) is 10.1 Å². The van der Waals surface area contributed by atoms with Gasteiger partial charge in [-0.2, -0.15) is 4.39 Å². The van der Waals surface area contributed by atoms with Gasteiger partial charge in [0.25, 0.3) is 0 Å². The number of carbonyl (C=O) groups excluding carboxylic acids is 1. The average molecular weight is 243 g/mol. The molecule has 7 heteroatoms. The summed E-state index contributed by atoms with van der Waals surface area (Å²) >= 11 is 0. The molecule has 0 atom stereocenters. The summed E-state index contributed by atoms with van der Waals surface area (Å²) in [6.07, 6.45) is 0. The zero-order valence-corrected chi connectivity index (χ0v) is 9.01. The Labute approximate surface area is 96.1 Å². The maximum absolute atomic E-state index is 13.1. The lowest BCUT2D eigenvalue weighted by Crippen LogP contribution is -2.16. The van der Waals surface area contributed by atoms with Crippen molar-refractivity contribution in [2.45, 2.75) is 0 Å². The fraction of sp³-hybridized carbons (Fsp3) is 0.300. The topological polar surface area (TPSA) is 78.7 Å². The number of methoxy groups -OCH3 is 1. The number of nitro benzene ring substituents is 1. The van der Waals surface area contributed by atoms with Gasteiger partial charge in [-0.05, 0) is 6.07 Å². The highest BCUT2D eigenvalue weighted by Crippen LogP contribution is 2.22. The first-order valence-electron chi connectivity index (χ1n) is 4.62. The van der Waals surface area contributed by atoms with Crippen molar-refractivity contribution in [2.75, 3.05) is 20.3 Å². The van der Waals surface area contributed by atoms with Gasteiger partial charge in [-0.15, -0.1) is 0 Å². The van der Waals surface area contributed by atoms with Gasteiger partial charge in [-0.3, -0.25) is 14.9 Å². The molecule has 0 saturated heterocycles. The van der Waals surface area contributed by atoms with Crippen molar-refractivity contribution in [2.24, 2.45) is 0 Å². The molecular formula is C10H10FNO5. The van der Waals surface area contributed by atoms with Crippen LogP contribution in [-0.2, 0) is 9.53 Å². The van der Waals surface area contributed by atoms with Gasteiger partial charge in [0.2, 0.25) is 5.82 Å². The number of hydrogen-bond acceptors (Lipinski definition) is 5. The molecule has 0 aliphatic rings. The van der Waals surface area contributed by atoms with E-state index < -0.39 is 16.4 Å². The number of rotatable bonds is 6. The minimum absolute atomic E-state index is 0.0533. The number of nitro groups is 1. The maximum atomic E-state index is 13.1. The second-order valence-electron chi connectivity index (χ2n) is 3.13. The summed E-state index contributed by atoms with van der Waals surface area (Å²) in [5.41, 5.74) is -0.638. The standard InChI is InChI=1S/C10H10FNO5/c1-16-5-7(13)6-17-8-2-3-10(12(14)15)9(11)4-8/h2-4H,5-6H2,1H3. The SMILES string of the molecule is COCC(=O)COc1ccc([N+](=O)[O-])c(F)c1. The van der Waals surface area contributed by atoms with E-state index in [2.05, 4.69) is 4.74 Å². The Kier molecular flexibility index (Phi) is 4.53. The lowest BCUT2D eigenvalue weighted by atomic mass is 10.3. The molecule has 0 radical (unpaired) electrons. The summed E-state index contributed by atoms with van der Waals surface area (Å²) in [5, 5.41) is 10.3. The van der Waals surface area contributed by atoms with Crippen molar-refractivity contribution in [3.8, 4) is 5.75 Å². The van der Waals surface area contributed by atoms with Crippen LogP contribution < -0.4 is 4.74 Å². The number of hydrogen-bond donors (Lipinski definition) is 0. The third kappa shape index (κ3) is 3.80. The second-order valence-corrected chi connectivity index (χ2v) is 3.13. The Morgan fingerprint density at radius 2 is 2.18 bits per heavy atom. The smallest absolute Gasteiger partial charge is 0.305 e. The highest BCUT2D eigenvalue weighted by atomic mass is 19.1. The van der Waals surface area contributed by atoms with Gasteiger partial charge in [0.1, 0.15) is 19.0 Å². The Bertz CT molecular complexity index is 435. The zero-order valence-electron chi connectivity index (χ0n) is 9.01. The van der Waals surface area contributed by atoms with Crippen LogP contribution in [0.2, 0.25) is 0 Å². The third-order valence-corrected chi connectivity index (χ3v) is 1.82. The molecule has 0 aliphatic carbocycles. The molecule has 0 aromatic heterocycles. The van der Waals surface area contributed by atoms with E-state index in [4.69, 9.17) is 4.74 Å². The van der Waals surface area contributed by atoms with E-state index >= 15 is 0 Å². The lowest BCUT2D eigenvalue weighted by Gasteiger charge is -2.04. The van der Waals surface area contributed by atoms with Crippen LogP contribution in [0.3, 0.4) is 0 Å². The Morgan fingerprint density at radius 3 is 2.71 bits per heavy atom. The number of benzene rings is 1. The molecule has 0 N–H and O–H groups in total. The van der Waals surface area contributed by atoms with Gasteiger partial charge in [-0.25, -0.2) is 0 Å². The number of nitrogens with zero attached hydrogens (tertiary/aromatic N) is 1. The van der Waals surface area contributed by atoms with E-state index in [-0.39, 0.29) is 24.7 Å². The Balaban J connectivity index is 2.65. The molecule has 6 nitrogen and oxygen atoms in total. The molecule has 17 heavy (non-hydrogen) atoms. The van der Waals surface area contributed by atoms with Gasteiger partial charge in [0, 0.05) is 19.2 Å². The maximum Gasteiger partial charge on any atom is 0.305 e. The van der Waals surface area contributed by atoms with Gasteiger partial charge >= 0.3 is 5.69 Å². The number of ether oxygens (including phenoxy) is 2. The van der Waals surface area contributed by atoms with E-state index in [1.807, 2.05) is 0 Å². The van der Waals surface area contributed by atoms with E-state index in [0.29, 0.717) is 0 Å². The first kappa shape index (κ1) is 13.0. The summed E-state index contributed by atoms with van der Waals surface area (Å²) in [5.74, 6) is -1.27. The summed E-state index contributed by atoms with van der Waals surface area (Å²) in [4.78, 5) is 20.5. The number of carbonyl (C=O) groups is 1. The van der Waals surface area contributed by atoms with Crippen LogP contribution in [0.1, 0.15) is 0 Å². The van der Waals surface area contributed by atoms with Crippen molar-refractivity contribution < 1.29 is 23.6 Å². The minimum Gasteiger partial charge on any atom is -0.486 e. The van der Waals surface area contributed by atoms with Crippen LogP contribution in [0.5, 0.6) is 5.75 Å². The van der Waals surface area contributed by atoms with Crippen molar-refractivity contribution in [3.63, 3.8) is 0 Å². The van der Waals surface area contributed by atoms with Gasteiger partial charge in [0.15, 0.2) is 5.78 Å². The quantitative estimate of drug-likeness (QED) is 0.556. The van der Waals surface area contributed by atoms with Crippen molar-refractivity contribution in [1.82, 2.24) is 0 Å². The van der Waals surface area contributed by atoms with E-state index in [0.717, 1.165) is 12.1 Å². The first-order chi connectivity index (χ1) is 8.04. The molecule has 0 bridgehead atoms. The number of halogens is 1. The molecule has 0 saturated carbocycles. The molecule has 0 unspecified atom stereocenters. The van der Waals surface area contributed by atoms with Crippen LogP contribution in [-0.4, -0.2) is 31.0 Å². The average Bonchev–Trinajstić information content (AvgIpc) is 2.26. The molecule has 1 aromatic carbocycles. The molecule has 0 spiro atoms. The second kappa shape index (κ2) is 5.90. The number of Topliss-reactive ketones (excluding diaryl/α,β-unsaturated/α-hetero) is 1. The molecule has 0 aliphatic heterocycles. The van der Waals surface area contributed by atoms with E-state index in [1.165, 1.54) is 13.2 Å². The summed E-state index contributed by atoms with van der Waals surface area (Å²) < 4.78 is 22.7. The van der Waals surface area contributed by atoms with Gasteiger partial charge in [0.05, 0.1) is 4.92 Å². The van der Waals surface area contributed by atoms with Crippen LogP contribution in [0.15, 0.2) is 18.2 Å². The fourth-order valence-electron chi connectivity index (χ4n) is 1.09. The normalized spacial score (nSPS) is 10.0. The molecule has 1 rings (SSSR count). The summed E-state index contributed by atoms with van der Waals surface area (Å²) in [7, 11) is 1.36. The van der Waals surface area contributed by atoms with Gasteiger partial charge in [-0.1, -0.05) is 0 Å². The highest BCUT2D eigenvalue weighted by Gasteiger charge is 2.14. The Morgan fingerprint density at radius 1 is 1.47 bits per heavy atom. The molecule has 0 amide bonds. The van der Waals surface area contributed by atoms with Gasteiger partial charge < -0.3 is 9.47 Å². The molecule has 0 fully saturated rings. The molecule has 0 heterocycles. The summed E-state index contributed by atoms with van der Waals surface area (Å²) in [6, 6.07) is 3.06. The van der Waals surface area contributed by atoms with Crippen LogP contribution >= 0.6 is 0 Å². The largest absolute Gasteiger partial charge is 0.486 e. The van der Waals surface area contributed by atoms with Crippen molar-refractivity contribution >= 4 is 11.5 Å². The van der Waals surface area contributed by atoms with Crippen molar-refractivity contribution in [1.29, 1.82) is 0 Å². The van der Waals surface area contributed by atoms with Crippen LogP contribution in [0.25, 0.3) is 0 Å².